The second-order valence-corrected chi connectivity index (χ2v) is 4.86. The molecule has 4 heteroatoms. The van der Waals surface area contributed by atoms with E-state index in [-0.39, 0.29) is 23.5 Å². The highest BCUT2D eigenvalue weighted by molar-refractivity contribution is 6.11. The quantitative estimate of drug-likeness (QED) is 0.709. The first-order valence-corrected chi connectivity index (χ1v) is 5.78. The van der Waals surface area contributed by atoms with Gasteiger partial charge in [0.2, 0.25) is 0 Å². The molecule has 0 amide bonds. The van der Waals surface area contributed by atoms with E-state index in [0.717, 1.165) is 12.8 Å². The van der Waals surface area contributed by atoms with Crippen molar-refractivity contribution in [2.24, 2.45) is 11.8 Å². The third-order valence-electron chi connectivity index (χ3n) is 3.61. The van der Waals surface area contributed by atoms with E-state index < -0.39 is 5.92 Å². The normalized spacial score (nSPS) is 28.9. The Kier molecular flexibility index (Phi) is 1.99. The molecule has 4 nitrogen and oxygen atoms in total. The van der Waals surface area contributed by atoms with Crippen molar-refractivity contribution in [1.29, 1.82) is 0 Å². The molecule has 2 unspecified atom stereocenters. The summed E-state index contributed by atoms with van der Waals surface area (Å²) in [6.45, 7) is 2.03. The van der Waals surface area contributed by atoms with Gasteiger partial charge in [-0.3, -0.25) is 9.59 Å². The lowest BCUT2D eigenvalue weighted by Crippen LogP contribution is -2.34. The third kappa shape index (κ3) is 1.32. The molecule has 0 saturated heterocycles. The Hall–Kier alpha value is -1.45. The maximum Gasteiger partial charge on any atom is 0.191 e. The molecule has 0 aromatic carbocycles. The first-order chi connectivity index (χ1) is 7.68. The van der Waals surface area contributed by atoms with Crippen LogP contribution >= 0.6 is 0 Å². The van der Waals surface area contributed by atoms with Crippen LogP contribution in [0.3, 0.4) is 0 Å². The van der Waals surface area contributed by atoms with Gasteiger partial charge in [0.25, 0.3) is 0 Å². The SMILES string of the molecule is CC1CC(C(=O)C2CC2)C(=O)c2cncn21. The minimum absolute atomic E-state index is 0.0347. The molecule has 16 heavy (non-hydrogen) atoms. The van der Waals surface area contributed by atoms with Gasteiger partial charge in [0.15, 0.2) is 5.78 Å². The van der Waals surface area contributed by atoms with Gasteiger partial charge in [-0.15, -0.1) is 0 Å². The number of rotatable bonds is 2. The van der Waals surface area contributed by atoms with Crippen molar-refractivity contribution < 1.29 is 9.59 Å². The Bertz CT molecular complexity index is 459. The summed E-state index contributed by atoms with van der Waals surface area (Å²) in [5.74, 6) is -0.126. The van der Waals surface area contributed by atoms with Crippen molar-refractivity contribution in [3.8, 4) is 0 Å². The van der Waals surface area contributed by atoms with Gasteiger partial charge < -0.3 is 4.57 Å². The van der Waals surface area contributed by atoms with Crippen LogP contribution in [0.1, 0.15) is 42.7 Å². The van der Waals surface area contributed by atoms with Gasteiger partial charge in [0, 0.05) is 12.0 Å². The highest BCUT2D eigenvalue weighted by atomic mass is 16.2. The highest BCUT2D eigenvalue weighted by Gasteiger charge is 2.42. The number of hydrogen-bond donors (Lipinski definition) is 0. The molecule has 1 aromatic rings. The van der Waals surface area contributed by atoms with Crippen LogP contribution < -0.4 is 0 Å². The van der Waals surface area contributed by atoms with E-state index in [0.29, 0.717) is 12.1 Å². The van der Waals surface area contributed by atoms with Crippen LogP contribution in [0.2, 0.25) is 0 Å². The Morgan fingerprint density at radius 1 is 1.50 bits per heavy atom. The van der Waals surface area contributed by atoms with Crippen LogP contribution in [0, 0.1) is 11.8 Å². The van der Waals surface area contributed by atoms with Crippen LogP contribution in [-0.4, -0.2) is 21.1 Å². The summed E-state index contributed by atoms with van der Waals surface area (Å²) >= 11 is 0. The predicted octanol–water partition coefficient (Wildman–Crippen LogP) is 1.63. The molecule has 2 heterocycles. The lowest BCUT2D eigenvalue weighted by Gasteiger charge is -2.27. The number of aromatic nitrogens is 2. The minimum Gasteiger partial charge on any atom is -0.325 e. The molecule has 2 atom stereocenters. The molecule has 1 saturated carbocycles. The van der Waals surface area contributed by atoms with E-state index >= 15 is 0 Å². The fraction of sp³-hybridized carbons (Fsp3) is 0.583. The summed E-state index contributed by atoms with van der Waals surface area (Å²) in [6.07, 6.45) is 5.82. The van der Waals surface area contributed by atoms with Gasteiger partial charge in [-0.2, -0.15) is 0 Å². The van der Waals surface area contributed by atoms with Crippen LogP contribution in [0.15, 0.2) is 12.5 Å². The van der Waals surface area contributed by atoms with Gasteiger partial charge in [-0.1, -0.05) is 0 Å². The molecule has 0 bridgehead atoms. The smallest absolute Gasteiger partial charge is 0.191 e. The summed E-state index contributed by atoms with van der Waals surface area (Å²) in [5.41, 5.74) is 0.595. The summed E-state index contributed by atoms with van der Waals surface area (Å²) in [6, 6.07) is 0.197. The molecule has 0 spiro atoms. The molecule has 3 rings (SSSR count). The molecular formula is C12H14N2O2. The van der Waals surface area contributed by atoms with Gasteiger partial charge >= 0.3 is 0 Å². The lowest BCUT2D eigenvalue weighted by atomic mass is 9.85. The first-order valence-electron chi connectivity index (χ1n) is 5.78. The molecular weight excluding hydrogens is 204 g/mol. The van der Waals surface area contributed by atoms with Crippen LogP contribution in [0.5, 0.6) is 0 Å². The number of fused-ring (bicyclic) bond motifs is 1. The predicted molar refractivity (Wildman–Crippen MR) is 57.1 cm³/mol. The molecule has 0 N–H and O–H groups in total. The lowest BCUT2D eigenvalue weighted by molar-refractivity contribution is -0.123. The summed E-state index contributed by atoms with van der Waals surface area (Å²) < 4.78 is 1.87. The Morgan fingerprint density at radius 2 is 2.25 bits per heavy atom. The summed E-state index contributed by atoms with van der Waals surface area (Å²) in [7, 11) is 0. The molecule has 1 aliphatic heterocycles. The molecule has 1 aliphatic carbocycles. The number of carbonyl (C=O) groups is 2. The number of ketones is 2. The summed E-state index contributed by atoms with van der Waals surface area (Å²) in [4.78, 5) is 28.1. The minimum atomic E-state index is -0.410. The maximum atomic E-state index is 12.1. The first kappa shape index (κ1) is 9.75. The molecule has 1 aromatic heterocycles. The number of carbonyl (C=O) groups excluding carboxylic acids is 2. The van der Waals surface area contributed by atoms with Crippen molar-refractivity contribution in [3.63, 3.8) is 0 Å². The fourth-order valence-corrected chi connectivity index (χ4v) is 2.48. The van der Waals surface area contributed by atoms with E-state index in [2.05, 4.69) is 4.98 Å². The van der Waals surface area contributed by atoms with E-state index in [1.807, 2.05) is 11.5 Å². The molecule has 84 valence electrons. The van der Waals surface area contributed by atoms with Crippen LogP contribution in [-0.2, 0) is 4.79 Å². The molecule has 2 aliphatic rings. The Labute approximate surface area is 93.7 Å². The van der Waals surface area contributed by atoms with Crippen LogP contribution in [0.25, 0.3) is 0 Å². The highest BCUT2D eigenvalue weighted by Crippen LogP contribution is 2.37. The average molecular weight is 218 g/mol. The largest absolute Gasteiger partial charge is 0.325 e. The number of imidazole rings is 1. The van der Waals surface area contributed by atoms with Crippen molar-refractivity contribution >= 4 is 11.6 Å². The summed E-state index contributed by atoms with van der Waals surface area (Å²) in [5, 5.41) is 0. The van der Waals surface area contributed by atoms with E-state index in [1.54, 1.807) is 12.5 Å². The third-order valence-corrected chi connectivity index (χ3v) is 3.61. The molecule has 1 fully saturated rings. The topological polar surface area (TPSA) is 52.0 Å². The van der Waals surface area contributed by atoms with E-state index in [4.69, 9.17) is 0 Å². The van der Waals surface area contributed by atoms with Gasteiger partial charge in [0.05, 0.1) is 18.4 Å². The van der Waals surface area contributed by atoms with Gasteiger partial charge in [-0.05, 0) is 26.2 Å². The Morgan fingerprint density at radius 3 is 2.94 bits per heavy atom. The zero-order valence-corrected chi connectivity index (χ0v) is 9.22. The maximum absolute atomic E-state index is 12.1. The number of Topliss-reactive ketones (excluding diaryl/α,β-unsaturated/α-hetero) is 2. The van der Waals surface area contributed by atoms with E-state index in [1.165, 1.54) is 0 Å². The van der Waals surface area contributed by atoms with Gasteiger partial charge in [0.1, 0.15) is 11.5 Å². The average Bonchev–Trinajstić information content (AvgIpc) is 2.99. The zero-order chi connectivity index (χ0) is 11.3. The fourth-order valence-electron chi connectivity index (χ4n) is 2.48. The monoisotopic (exact) mass is 218 g/mol. The second-order valence-electron chi connectivity index (χ2n) is 4.86. The van der Waals surface area contributed by atoms with E-state index in [9.17, 15) is 9.59 Å². The van der Waals surface area contributed by atoms with Crippen molar-refractivity contribution in [2.45, 2.75) is 32.2 Å². The van der Waals surface area contributed by atoms with Gasteiger partial charge in [-0.25, -0.2) is 4.98 Å². The second kappa shape index (κ2) is 3.27. The van der Waals surface area contributed by atoms with Crippen molar-refractivity contribution in [2.75, 3.05) is 0 Å². The number of nitrogens with zero attached hydrogens (tertiary/aromatic N) is 2. The van der Waals surface area contributed by atoms with Crippen molar-refractivity contribution in [3.05, 3.63) is 18.2 Å². The van der Waals surface area contributed by atoms with Crippen molar-refractivity contribution in [1.82, 2.24) is 9.55 Å². The van der Waals surface area contributed by atoms with Crippen LogP contribution in [0.4, 0.5) is 0 Å². The number of hydrogen-bond acceptors (Lipinski definition) is 3. The zero-order valence-electron chi connectivity index (χ0n) is 9.22. The molecule has 0 radical (unpaired) electrons. The standard InChI is InChI=1S/C12H14N2O2/c1-7-4-9(11(15)8-2-3-8)12(16)10-5-13-6-14(7)10/h5-9H,2-4H2,1H3. The Balaban J connectivity index is 1.94.